The quantitative estimate of drug-likeness (QED) is 0.517. The fourth-order valence-corrected chi connectivity index (χ4v) is 2.12. The zero-order chi connectivity index (χ0) is 13.1. The van der Waals surface area contributed by atoms with Gasteiger partial charge in [0, 0.05) is 25.1 Å². The topological polar surface area (TPSA) is 77.3 Å². The van der Waals surface area contributed by atoms with Crippen molar-refractivity contribution < 1.29 is 9.66 Å². The van der Waals surface area contributed by atoms with Crippen molar-refractivity contribution in [2.45, 2.75) is 19.4 Å². The van der Waals surface area contributed by atoms with Crippen LogP contribution in [0.5, 0.6) is 0 Å². The van der Waals surface area contributed by atoms with E-state index in [0.29, 0.717) is 12.5 Å². The Morgan fingerprint density at radius 3 is 3.06 bits per heavy atom. The monoisotopic (exact) mass is 271 g/mol. The molecule has 0 aromatic carbocycles. The van der Waals surface area contributed by atoms with Gasteiger partial charge < -0.3 is 10.1 Å². The highest BCUT2D eigenvalue weighted by Gasteiger charge is 2.25. The molecule has 1 aliphatic heterocycles. The van der Waals surface area contributed by atoms with Crippen LogP contribution in [0.25, 0.3) is 0 Å². The molecule has 1 aromatic heterocycles. The summed E-state index contributed by atoms with van der Waals surface area (Å²) in [6.07, 6.45) is 1.11. The number of ether oxygens (including phenoxy) is 1. The zero-order valence-electron chi connectivity index (χ0n) is 9.93. The Labute approximate surface area is 109 Å². The molecule has 1 aliphatic rings. The predicted molar refractivity (Wildman–Crippen MR) is 67.9 cm³/mol. The maximum absolute atomic E-state index is 10.9. The van der Waals surface area contributed by atoms with Gasteiger partial charge in [0.15, 0.2) is 0 Å². The van der Waals surface area contributed by atoms with Crippen LogP contribution in [0.15, 0.2) is 12.1 Å². The molecule has 0 spiro atoms. The summed E-state index contributed by atoms with van der Waals surface area (Å²) in [6, 6.07) is 2.76. The molecule has 1 fully saturated rings. The average Bonchev–Trinajstić information content (AvgIpc) is 2.72. The van der Waals surface area contributed by atoms with Crippen molar-refractivity contribution in [3.8, 4) is 0 Å². The van der Waals surface area contributed by atoms with Crippen LogP contribution in [0.4, 0.5) is 11.5 Å². The van der Waals surface area contributed by atoms with Gasteiger partial charge in [-0.3, -0.25) is 10.1 Å². The van der Waals surface area contributed by atoms with Gasteiger partial charge in [-0.15, -0.1) is 0 Å². The van der Waals surface area contributed by atoms with E-state index in [9.17, 15) is 10.1 Å². The molecule has 1 aromatic rings. The minimum Gasteiger partial charge on any atom is -0.378 e. The predicted octanol–water partition coefficient (Wildman–Crippen LogP) is 2.48. The normalized spacial score (nSPS) is 23.0. The number of rotatable bonds is 4. The first kappa shape index (κ1) is 13.0. The van der Waals surface area contributed by atoms with Crippen molar-refractivity contribution in [3.05, 3.63) is 27.4 Å². The SMILES string of the molecule is CC1OCCC1CNc1nc(Cl)ccc1[N+](=O)[O-]. The molecular formula is C11H14ClN3O3. The lowest BCUT2D eigenvalue weighted by atomic mass is 10.0. The van der Waals surface area contributed by atoms with Gasteiger partial charge in [-0.1, -0.05) is 11.6 Å². The molecule has 98 valence electrons. The van der Waals surface area contributed by atoms with Gasteiger partial charge in [0.25, 0.3) is 0 Å². The van der Waals surface area contributed by atoms with Crippen molar-refractivity contribution >= 4 is 23.1 Å². The molecule has 0 radical (unpaired) electrons. The summed E-state index contributed by atoms with van der Waals surface area (Å²) in [5.41, 5.74) is -0.0639. The van der Waals surface area contributed by atoms with Crippen LogP contribution in [0.3, 0.4) is 0 Å². The van der Waals surface area contributed by atoms with Crippen LogP contribution in [-0.2, 0) is 4.74 Å². The Bertz CT molecular complexity index is 455. The maximum atomic E-state index is 10.9. The molecule has 2 atom stereocenters. The molecule has 0 bridgehead atoms. The first-order chi connectivity index (χ1) is 8.58. The van der Waals surface area contributed by atoms with E-state index in [1.54, 1.807) is 0 Å². The van der Waals surface area contributed by atoms with Gasteiger partial charge in [-0.2, -0.15) is 0 Å². The van der Waals surface area contributed by atoms with Gasteiger partial charge in [-0.05, 0) is 19.4 Å². The van der Waals surface area contributed by atoms with Crippen molar-refractivity contribution in [2.75, 3.05) is 18.5 Å². The minimum absolute atomic E-state index is 0.0639. The van der Waals surface area contributed by atoms with Gasteiger partial charge >= 0.3 is 5.69 Å². The molecule has 1 saturated heterocycles. The van der Waals surface area contributed by atoms with Crippen LogP contribution < -0.4 is 5.32 Å². The Morgan fingerprint density at radius 1 is 1.67 bits per heavy atom. The van der Waals surface area contributed by atoms with Crippen LogP contribution in [-0.4, -0.2) is 29.2 Å². The van der Waals surface area contributed by atoms with Crippen LogP contribution >= 0.6 is 11.6 Å². The third-order valence-electron chi connectivity index (χ3n) is 3.10. The largest absolute Gasteiger partial charge is 0.378 e. The van der Waals surface area contributed by atoms with Crippen molar-refractivity contribution in [2.24, 2.45) is 5.92 Å². The number of nitrogens with zero attached hydrogens (tertiary/aromatic N) is 2. The highest BCUT2D eigenvalue weighted by atomic mass is 35.5. The number of nitrogens with one attached hydrogen (secondary N) is 1. The fourth-order valence-electron chi connectivity index (χ4n) is 1.98. The molecule has 7 heteroatoms. The Hall–Kier alpha value is -1.40. The first-order valence-electron chi connectivity index (χ1n) is 5.74. The van der Waals surface area contributed by atoms with E-state index >= 15 is 0 Å². The summed E-state index contributed by atoms with van der Waals surface area (Å²) in [5.74, 6) is 0.553. The Balaban J connectivity index is 2.08. The second-order valence-electron chi connectivity index (χ2n) is 4.26. The number of pyridine rings is 1. The van der Waals surface area contributed by atoms with E-state index in [-0.39, 0.29) is 22.8 Å². The Morgan fingerprint density at radius 2 is 2.44 bits per heavy atom. The molecule has 1 N–H and O–H groups in total. The van der Waals surface area contributed by atoms with Crippen molar-refractivity contribution in [1.82, 2.24) is 4.98 Å². The number of aromatic nitrogens is 1. The molecule has 6 nitrogen and oxygen atoms in total. The van der Waals surface area contributed by atoms with E-state index in [0.717, 1.165) is 13.0 Å². The van der Waals surface area contributed by atoms with E-state index in [1.165, 1.54) is 12.1 Å². The molecule has 18 heavy (non-hydrogen) atoms. The van der Waals surface area contributed by atoms with E-state index in [2.05, 4.69) is 10.3 Å². The highest BCUT2D eigenvalue weighted by molar-refractivity contribution is 6.29. The van der Waals surface area contributed by atoms with Crippen LogP contribution in [0.2, 0.25) is 5.15 Å². The van der Waals surface area contributed by atoms with Crippen molar-refractivity contribution in [3.63, 3.8) is 0 Å². The van der Waals surface area contributed by atoms with E-state index in [1.807, 2.05) is 6.92 Å². The second-order valence-corrected chi connectivity index (χ2v) is 4.65. The van der Waals surface area contributed by atoms with Crippen molar-refractivity contribution in [1.29, 1.82) is 0 Å². The number of hydrogen-bond donors (Lipinski definition) is 1. The maximum Gasteiger partial charge on any atom is 0.311 e. The summed E-state index contributed by atoms with van der Waals surface area (Å²) >= 11 is 5.75. The number of anilines is 1. The zero-order valence-corrected chi connectivity index (χ0v) is 10.7. The highest BCUT2D eigenvalue weighted by Crippen LogP contribution is 2.26. The van der Waals surface area contributed by atoms with Crippen LogP contribution in [0.1, 0.15) is 13.3 Å². The molecule has 2 unspecified atom stereocenters. The summed E-state index contributed by atoms with van der Waals surface area (Å²) in [4.78, 5) is 14.3. The standard InChI is InChI=1S/C11H14ClN3O3/c1-7-8(4-5-18-7)6-13-11-9(15(16)17)2-3-10(12)14-11/h2-3,7-8H,4-6H2,1H3,(H,13,14). The number of nitro groups is 1. The van der Waals surface area contributed by atoms with Gasteiger partial charge in [0.05, 0.1) is 11.0 Å². The van der Waals surface area contributed by atoms with E-state index in [4.69, 9.17) is 16.3 Å². The lowest BCUT2D eigenvalue weighted by molar-refractivity contribution is -0.384. The first-order valence-corrected chi connectivity index (χ1v) is 6.12. The summed E-state index contributed by atoms with van der Waals surface area (Å²) in [6.45, 7) is 3.33. The van der Waals surface area contributed by atoms with Crippen LogP contribution in [0, 0.1) is 16.0 Å². The lowest BCUT2D eigenvalue weighted by Crippen LogP contribution is -2.21. The number of halogens is 1. The van der Waals surface area contributed by atoms with Gasteiger partial charge in [0.2, 0.25) is 5.82 Å². The molecule has 0 amide bonds. The summed E-state index contributed by atoms with van der Waals surface area (Å²) < 4.78 is 5.43. The summed E-state index contributed by atoms with van der Waals surface area (Å²) in [5, 5.41) is 14.1. The second kappa shape index (κ2) is 5.49. The third-order valence-corrected chi connectivity index (χ3v) is 3.31. The average molecular weight is 272 g/mol. The number of hydrogen-bond acceptors (Lipinski definition) is 5. The third kappa shape index (κ3) is 2.88. The lowest BCUT2D eigenvalue weighted by Gasteiger charge is -2.15. The molecular weight excluding hydrogens is 258 g/mol. The fraction of sp³-hybridized carbons (Fsp3) is 0.545. The smallest absolute Gasteiger partial charge is 0.311 e. The molecule has 0 aliphatic carbocycles. The molecule has 0 saturated carbocycles. The molecule has 2 heterocycles. The van der Waals surface area contributed by atoms with Gasteiger partial charge in [0.1, 0.15) is 5.15 Å². The molecule has 2 rings (SSSR count). The Kier molecular flexibility index (Phi) is 3.98. The van der Waals surface area contributed by atoms with E-state index < -0.39 is 4.92 Å². The van der Waals surface area contributed by atoms with Gasteiger partial charge in [-0.25, -0.2) is 4.98 Å². The minimum atomic E-state index is -0.472. The summed E-state index contributed by atoms with van der Waals surface area (Å²) in [7, 11) is 0.